The predicted molar refractivity (Wildman–Crippen MR) is 142 cm³/mol. The van der Waals surface area contributed by atoms with Crippen LogP contribution in [0.5, 0.6) is 0 Å². The van der Waals surface area contributed by atoms with E-state index in [0.717, 1.165) is 46.6 Å². The largest absolute Gasteiger partial charge is 0.355 e. The maximum atomic E-state index is 12.9. The Morgan fingerprint density at radius 1 is 1.14 bits per heavy atom. The number of hydrogen-bond donors (Lipinski definition) is 3. The van der Waals surface area contributed by atoms with Gasteiger partial charge in [-0.05, 0) is 87.5 Å². The molecule has 2 aromatic heterocycles. The van der Waals surface area contributed by atoms with Gasteiger partial charge in [-0.15, -0.1) is 0 Å². The van der Waals surface area contributed by atoms with E-state index in [4.69, 9.17) is 0 Å². The second-order valence-corrected chi connectivity index (χ2v) is 8.95. The van der Waals surface area contributed by atoms with Gasteiger partial charge in [0.2, 0.25) is 0 Å². The van der Waals surface area contributed by atoms with Crippen molar-refractivity contribution in [2.24, 2.45) is 0 Å². The van der Waals surface area contributed by atoms with Gasteiger partial charge in [0.15, 0.2) is 0 Å². The zero-order valence-electron chi connectivity index (χ0n) is 19.9. The van der Waals surface area contributed by atoms with Crippen LogP contribution in [0.1, 0.15) is 41.0 Å². The summed E-state index contributed by atoms with van der Waals surface area (Å²) in [6.45, 7) is 1.82. The molecule has 7 nitrogen and oxygen atoms in total. The average Bonchev–Trinajstić information content (AvgIpc) is 3.49. The number of hydrogen-bond acceptors (Lipinski definition) is 5. The monoisotopic (exact) mass is 466 g/mol. The van der Waals surface area contributed by atoms with Gasteiger partial charge >= 0.3 is 0 Å². The molecule has 0 radical (unpaired) electrons. The number of anilines is 2. The molecule has 1 aliphatic rings. The van der Waals surface area contributed by atoms with Gasteiger partial charge in [-0.25, -0.2) is 0 Å². The SMILES string of the molecule is CN1CCCC1CCNC(=O)c1ccccc1Nc1ccc2c(/C=C/c3ccccn3)n[nH]c2c1. The minimum absolute atomic E-state index is 0.0571. The lowest BCUT2D eigenvalue weighted by atomic mass is 10.1. The van der Waals surface area contributed by atoms with Crippen LogP contribution in [0.4, 0.5) is 11.4 Å². The highest BCUT2D eigenvalue weighted by molar-refractivity contribution is 6.00. The molecule has 1 unspecified atom stereocenters. The molecule has 3 heterocycles. The number of H-pyrrole nitrogens is 1. The fourth-order valence-electron chi connectivity index (χ4n) is 4.62. The first-order valence-electron chi connectivity index (χ1n) is 12.1. The number of nitrogens with one attached hydrogen (secondary N) is 3. The van der Waals surface area contributed by atoms with E-state index in [1.54, 1.807) is 6.20 Å². The number of carbonyl (C=O) groups excluding carboxylic acids is 1. The van der Waals surface area contributed by atoms with E-state index in [1.165, 1.54) is 12.8 Å². The van der Waals surface area contributed by atoms with E-state index in [-0.39, 0.29) is 5.91 Å². The lowest BCUT2D eigenvalue weighted by Gasteiger charge is -2.19. The van der Waals surface area contributed by atoms with Gasteiger partial charge < -0.3 is 15.5 Å². The summed E-state index contributed by atoms with van der Waals surface area (Å²) in [4.78, 5) is 19.6. The van der Waals surface area contributed by atoms with Gasteiger partial charge in [-0.2, -0.15) is 5.10 Å². The van der Waals surface area contributed by atoms with Crippen molar-refractivity contribution in [3.63, 3.8) is 0 Å². The standard InChI is InChI=1S/C28H30N6O/c1-34-18-6-8-22(34)15-17-30-28(35)24-9-2-3-10-25(24)31-21-11-13-23-26(32-33-27(23)19-21)14-12-20-7-4-5-16-29-20/h2-5,7,9-14,16,19,22,31H,6,8,15,17-18H2,1H3,(H,30,35)(H,32,33)/b14-12+. The highest BCUT2D eigenvalue weighted by Gasteiger charge is 2.20. The molecule has 0 spiro atoms. The first kappa shape index (κ1) is 22.8. The molecule has 35 heavy (non-hydrogen) atoms. The number of rotatable bonds is 8. The summed E-state index contributed by atoms with van der Waals surface area (Å²) >= 11 is 0. The maximum absolute atomic E-state index is 12.9. The average molecular weight is 467 g/mol. The van der Waals surface area contributed by atoms with Crippen molar-refractivity contribution >= 4 is 40.3 Å². The molecule has 4 aromatic rings. The molecule has 0 bridgehead atoms. The second kappa shape index (κ2) is 10.5. The highest BCUT2D eigenvalue weighted by atomic mass is 16.1. The van der Waals surface area contributed by atoms with Gasteiger partial charge in [0.05, 0.1) is 28.2 Å². The maximum Gasteiger partial charge on any atom is 0.253 e. The first-order valence-corrected chi connectivity index (χ1v) is 12.1. The third-order valence-electron chi connectivity index (χ3n) is 6.58. The van der Waals surface area contributed by atoms with Crippen molar-refractivity contribution in [2.45, 2.75) is 25.3 Å². The molecular weight excluding hydrogens is 436 g/mol. The number of nitrogens with zero attached hydrogens (tertiary/aromatic N) is 3. The van der Waals surface area contributed by atoms with Crippen LogP contribution in [-0.4, -0.2) is 52.2 Å². The topological polar surface area (TPSA) is 85.9 Å². The van der Waals surface area contributed by atoms with Crippen LogP contribution < -0.4 is 10.6 Å². The van der Waals surface area contributed by atoms with Crippen LogP contribution in [0.25, 0.3) is 23.1 Å². The molecule has 1 atom stereocenters. The number of benzene rings is 2. The third kappa shape index (κ3) is 5.41. The smallest absolute Gasteiger partial charge is 0.253 e. The summed E-state index contributed by atoms with van der Waals surface area (Å²) in [5.41, 5.74) is 4.94. The Morgan fingerprint density at radius 3 is 2.86 bits per heavy atom. The zero-order chi connectivity index (χ0) is 24.0. The summed E-state index contributed by atoms with van der Waals surface area (Å²) in [6, 6.07) is 20.0. The number of fused-ring (bicyclic) bond motifs is 1. The van der Waals surface area contributed by atoms with Crippen molar-refractivity contribution in [3.8, 4) is 0 Å². The molecule has 0 aliphatic carbocycles. The molecule has 1 saturated heterocycles. The Kier molecular flexibility index (Phi) is 6.86. The summed E-state index contributed by atoms with van der Waals surface area (Å²) in [5.74, 6) is -0.0571. The fraction of sp³-hybridized carbons (Fsp3) is 0.250. The van der Waals surface area contributed by atoms with Crippen molar-refractivity contribution in [1.82, 2.24) is 25.4 Å². The van der Waals surface area contributed by atoms with Crippen LogP contribution in [0.3, 0.4) is 0 Å². The van der Waals surface area contributed by atoms with Gasteiger partial charge in [-0.3, -0.25) is 14.9 Å². The quantitative estimate of drug-likeness (QED) is 0.337. The second-order valence-electron chi connectivity index (χ2n) is 8.95. The van der Waals surface area contributed by atoms with Crippen LogP contribution >= 0.6 is 0 Å². The summed E-state index contributed by atoms with van der Waals surface area (Å²) < 4.78 is 0. The van der Waals surface area contributed by atoms with Gasteiger partial charge in [-0.1, -0.05) is 18.2 Å². The lowest BCUT2D eigenvalue weighted by molar-refractivity contribution is 0.0951. The van der Waals surface area contributed by atoms with E-state index in [9.17, 15) is 4.79 Å². The van der Waals surface area contributed by atoms with Gasteiger partial charge in [0.1, 0.15) is 0 Å². The number of carbonyl (C=O) groups is 1. The first-order chi connectivity index (χ1) is 17.2. The summed E-state index contributed by atoms with van der Waals surface area (Å²) in [5, 5.41) is 15.1. The van der Waals surface area contributed by atoms with E-state index in [1.807, 2.05) is 72.8 Å². The van der Waals surface area contributed by atoms with E-state index >= 15 is 0 Å². The van der Waals surface area contributed by atoms with Crippen molar-refractivity contribution in [3.05, 3.63) is 83.8 Å². The van der Waals surface area contributed by atoms with Gasteiger partial charge in [0.25, 0.3) is 5.91 Å². The minimum Gasteiger partial charge on any atom is -0.355 e. The van der Waals surface area contributed by atoms with Crippen LogP contribution in [-0.2, 0) is 0 Å². The predicted octanol–water partition coefficient (Wildman–Crippen LogP) is 5.09. The van der Waals surface area contributed by atoms with E-state index in [0.29, 0.717) is 18.2 Å². The summed E-state index contributed by atoms with van der Waals surface area (Å²) in [6.07, 6.45) is 9.10. The zero-order valence-corrected chi connectivity index (χ0v) is 19.9. The Balaban J connectivity index is 1.27. The van der Waals surface area contributed by atoms with Crippen LogP contribution in [0.15, 0.2) is 66.9 Å². The molecule has 1 fully saturated rings. The fourth-order valence-corrected chi connectivity index (χ4v) is 4.62. The normalized spacial score (nSPS) is 16.2. The molecular formula is C28H30N6O. The molecule has 7 heteroatoms. The number of aromatic amines is 1. The summed E-state index contributed by atoms with van der Waals surface area (Å²) in [7, 11) is 2.16. The lowest BCUT2D eigenvalue weighted by Crippen LogP contribution is -2.32. The molecule has 1 amide bonds. The number of pyridine rings is 1. The number of aromatic nitrogens is 3. The van der Waals surface area contributed by atoms with E-state index in [2.05, 4.69) is 37.8 Å². The van der Waals surface area contributed by atoms with Crippen molar-refractivity contribution < 1.29 is 4.79 Å². The molecule has 1 aliphatic heterocycles. The molecule has 5 rings (SSSR count). The van der Waals surface area contributed by atoms with Crippen LogP contribution in [0, 0.1) is 0 Å². The third-order valence-corrected chi connectivity index (χ3v) is 6.58. The minimum atomic E-state index is -0.0571. The van der Waals surface area contributed by atoms with Crippen LogP contribution in [0.2, 0.25) is 0 Å². The van der Waals surface area contributed by atoms with Gasteiger partial charge in [0, 0.05) is 29.9 Å². The highest BCUT2D eigenvalue weighted by Crippen LogP contribution is 2.26. The number of likely N-dealkylation sites (tertiary alicyclic amines) is 1. The molecule has 2 aromatic carbocycles. The number of para-hydroxylation sites is 1. The van der Waals surface area contributed by atoms with E-state index < -0.39 is 0 Å². The molecule has 178 valence electrons. The molecule has 3 N–H and O–H groups in total. The van der Waals surface area contributed by atoms with Crippen molar-refractivity contribution in [2.75, 3.05) is 25.5 Å². The Morgan fingerprint density at radius 2 is 2.03 bits per heavy atom. The molecule has 0 saturated carbocycles. The number of amides is 1. The Labute approximate surface area is 205 Å². The Hall–Kier alpha value is -3.97. The van der Waals surface area contributed by atoms with Crippen molar-refractivity contribution in [1.29, 1.82) is 0 Å². The Bertz CT molecular complexity index is 1330.